The Morgan fingerprint density at radius 3 is 2.23 bits per heavy atom. The standard InChI is InChI=1S/C16H13ClN4O/c17-11-1-5-14(6-2-11)22-15-7-3-13(4-8-15)20-16-9-12(18)10-19-21-16/h1-10H,(H3,18,20,21). The molecule has 3 rings (SSSR count). The molecule has 0 bridgehead atoms. The maximum absolute atomic E-state index is 5.84. The van der Waals surface area contributed by atoms with Gasteiger partial charge in [-0.2, -0.15) is 5.10 Å². The minimum Gasteiger partial charge on any atom is -0.457 e. The van der Waals surface area contributed by atoms with Gasteiger partial charge in [-0.1, -0.05) is 11.6 Å². The van der Waals surface area contributed by atoms with Crippen LogP contribution in [-0.4, -0.2) is 10.2 Å². The van der Waals surface area contributed by atoms with E-state index in [-0.39, 0.29) is 0 Å². The van der Waals surface area contributed by atoms with E-state index in [4.69, 9.17) is 22.1 Å². The molecule has 2 aromatic carbocycles. The zero-order chi connectivity index (χ0) is 15.4. The quantitative estimate of drug-likeness (QED) is 0.753. The molecule has 110 valence electrons. The van der Waals surface area contributed by atoms with E-state index in [0.717, 1.165) is 17.2 Å². The Labute approximate surface area is 132 Å². The van der Waals surface area contributed by atoms with Crippen LogP contribution in [0.4, 0.5) is 17.2 Å². The minimum absolute atomic E-state index is 0.556. The molecule has 0 saturated heterocycles. The van der Waals surface area contributed by atoms with E-state index in [1.165, 1.54) is 6.20 Å². The Kier molecular flexibility index (Phi) is 4.07. The van der Waals surface area contributed by atoms with Crippen LogP contribution in [0.15, 0.2) is 60.8 Å². The summed E-state index contributed by atoms with van der Waals surface area (Å²) in [5.41, 5.74) is 7.08. The van der Waals surface area contributed by atoms with Gasteiger partial charge in [-0.3, -0.25) is 0 Å². The van der Waals surface area contributed by atoms with Gasteiger partial charge in [0.1, 0.15) is 11.5 Å². The number of nitrogens with one attached hydrogen (secondary N) is 1. The highest BCUT2D eigenvalue weighted by Gasteiger charge is 2.00. The molecule has 0 unspecified atom stereocenters. The summed E-state index contributed by atoms with van der Waals surface area (Å²) in [4.78, 5) is 0. The molecule has 1 aromatic heterocycles. The van der Waals surface area contributed by atoms with Crippen LogP contribution in [-0.2, 0) is 0 Å². The van der Waals surface area contributed by atoms with Crippen LogP contribution in [0.1, 0.15) is 0 Å². The van der Waals surface area contributed by atoms with Gasteiger partial charge in [-0.25, -0.2) is 0 Å². The molecule has 3 N–H and O–H groups in total. The zero-order valence-corrected chi connectivity index (χ0v) is 12.3. The van der Waals surface area contributed by atoms with E-state index in [2.05, 4.69) is 15.5 Å². The van der Waals surface area contributed by atoms with Crippen molar-refractivity contribution >= 4 is 28.8 Å². The van der Waals surface area contributed by atoms with Crippen LogP contribution in [0.5, 0.6) is 11.5 Å². The molecule has 0 aliphatic rings. The van der Waals surface area contributed by atoms with Crippen molar-refractivity contribution in [3.8, 4) is 11.5 Å². The van der Waals surface area contributed by atoms with Crippen LogP contribution in [0.3, 0.4) is 0 Å². The Morgan fingerprint density at radius 1 is 0.955 bits per heavy atom. The third kappa shape index (κ3) is 3.65. The Hall–Kier alpha value is -2.79. The molecule has 1 heterocycles. The molecular weight excluding hydrogens is 300 g/mol. The summed E-state index contributed by atoms with van der Waals surface area (Å²) in [6.07, 6.45) is 1.49. The van der Waals surface area contributed by atoms with E-state index < -0.39 is 0 Å². The monoisotopic (exact) mass is 312 g/mol. The molecule has 22 heavy (non-hydrogen) atoms. The molecule has 0 aliphatic heterocycles. The Morgan fingerprint density at radius 2 is 1.59 bits per heavy atom. The summed E-state index contributed by atoms with van der Waals surface area (Å²) in [7, 11) is 0. The highest BCUT2D eigenvalue weighted by atomic mass is 35.5. The number of rotatable bonds is 4. The molecule has 0 fully saturated rings. The fourth-order valence-electron chi connectivity index (χ4n) is 1.84. The van der Waals surface area contributed by atoms with Crippen LogP contribution < -0.4 is 15.8 Å². The van der Waals surface area contributed by atoms with Crippen molar-refractivity contribution in [1.29, 1.82) is 0 Å². The van der Waals surface area contributed by atoms with Crippen LogP contribution >= 0.6 is 11.6 Å². The van der Waals surface area contributed by atoms with Gasteiger partial charge < -0.3 is 15.8 Å². The van der Waals surface area contributed by atoms with Crippen LogP contribution in [0.2, 0.25) is 5.02 Å². The van der Waals surface area contributed by atoms with Crippen molar-refractivity contribution in [2.75, 3.05) is 11.1 Å². The molecule has 0 saturated carbocycles. The third-order valence-electron chi connectivity index (χ3n) is 2.85. The highest BCUT2D eigenvalue weighted by molar-refractivity contribution is 6.30. The number of benzene rings is 2. The average Bonchev–Trinajstić information content (AvgIpc) is 2.52. The Bertz CT molecular complexity index is 760. The van der Waals surface area contributed by atoms with Gasteiger partial charge in [0.05, 0.1) is 11.9 Å². The van der Waals surface area contributed by atoms with Gasteiger partial charge in [0.15, 0.2) is 5.82 Å². The van der Waals surface area contributed by atoms with Crippen LogP contribution in [0, 0.1) is 0 Å². The SMILES string of the molecule is Nc1cnnc(Nc2ccc(Oc3ccc(Cl)cc3)cc2)c1. The van der Waals surface area contributed by atoms with Crippen molar-refractivity contribution < 1.29 is 4.74 Å². The van der Waals surface area contributed by atoms with Crippen molar-refractivity contribution in [2.45, 2.75) is 0 Å². The van der Waals surface area contributed by atoms with Gasteiger partial charge in [-0.05, 0) is 48.5 Å². The molecule has 0 atom stereocenters. The van der Waals surface area contributed by atoms with E-state index in [1.807, 2.05) is 36.4 Å². The normalized spacial score (nSPS) is 10.2. The van der Waals surface area contributed by atoms with Gasteiger partial charge >= 0.3 is 0 Å². The summed E-state index contributed by atoms with van der Waals surface area (Å²) < 4.78 is 5.72. The number of aromatic nitrogens is 2. The Balaban J connectivity index is 1.68. The number of anilines is 3. The summed E-state index contributed by atoms with van der Waals surface area (Å²) in [5.74, 6) is 2.05. The molecule has 0 radical (unpaired) electrons. The second-order valence-corrected chi connectivity index (χ2v) is 5.02. The first-order chi connectivity index (χ1) is 10.7. The summed E-state index contributed by atoms with van der Waals surface area (Å²) >= 11 is 5.84. The summed E-state index contributed by atoms with van der Waals surface area (Å²) in [6.45, 7) is 0. The summed E-state index contributed by atoms with van der Waals surface area (Å²) in [6, 6.07) is 16.4. The number of halogens is 1. The maximum Gasteiger partial charge on any atom is 0.155 e. The fraction of sp³-hybridized carbons (Fsp3) is 0. The van der Waals surface area contributed by atoms with Crippen molar-refractivity contribution in [1.82, 2.24) is 10.2 Å². The van der Waals surface area contributed by atoms with Crippen LogP contribution in [0.25, 0.3) is 0 Å². The van der Waals surface area contributed by atoms with Crippen molar-refractivity contribution in [2.24, 2.45) is 0 Å². The van der Waals surface area contributed by atoms with E-state index in [1.54, 1.807) is 18.2 Å². The van der Waals surface area contributed by atoms with E-state index in [9.17, 15) is 0 Å². The lowest BCUT2D eigenvalue weighted by Crippen LogP contribution is -1.97. The zero-order valence-electron chi connectivity index (χ0n) is 11.5. The first-order valence-corrected chi connectivity index (χ1v) is 6.95. The van der Waals surface area contributed by atoms with Gasteiger partial charge in [0.25, 0.3) is 0 Å². The largest absolute Gasteiger partial charge is 0.457 e. The van der Waals surface area contributed by atoms with E-state index >= 15 is 0 Å². The fourth-order valence-corrected chi connectivity index (χ4v) is 1.96. The predicted octanol–water partition coefficient (Wildman–Crippen LogP) is 4.25. The van der Waals surface area contributed by atoms with Crippen molar-refractivity contribution in [3.05, 3.63) is 65.8 Å². The van der Waals surface area contributed by atoms with E-state index in [0.29, 0.717) is 16.5 Å². The lowest BCUT2D eigenvalue weighted by Gasteiger charge is -2.08. The second kappa shape index (κ2) is 6.32. The lowest BCUT2D eigenvalue weighted by atomic mass is 10.3. The topological polar surface area (TPSA) is 73.1 Å². The predicted molar refractivity (Wildman–Crippen MR) is 87.7 cm³/mol. The van der Waals surface area contributed by atoms with Gasteiger partial charge in [-0.15, -0.1) is 5.10 Å². The second-order valence-electron chi connectivity index (χ2n) is 4.58. The number of ether oxygens (including phenoxy) is 1. The highest BCUT2D eigenvalue weighted by Crippen LogP contribution is 2.25. The minimum atomic E-state index is 0.556. The third-order valence-corrected chi connectivity index (χ3v) is 3.10. The van der Waals surface area contributed by atoms with Gasteiger partial charge in [0.2, 0.25) is 0 Å². The maximum atomic E-state index is 5.84. The first kappa shape index (κ1) is 14.2. The molecular formula is C16H13ClN4O. The number of nitrogen functional groups attached to an aromatic ring is 1. The first-order valence-electron chi connectivity index (χ1n) is 6.58. The molecule has 5 nitrogen and oxygen atoms in total. The lowest BCUT2D eigenvalue weighted by molar-refractivity contribution is 0.483. The van der Waals surface area contributed by atoms with Gasteiger partial charge in [0, 0.05) is 16.8 Å². The summed E-state index contributed by atoms with van der Waals surface area (Å²) in [5, 5.41) is 11.5. The number of nitrogens with two attached hydrogens (primary N) is 1. The number of hydrogen-bond acceptors (Lipinski definition) is 5. The number of nitrogens with zero attached hydrogens (tertiary/aromatic N) is 2. The molecule has 0 spiro atoms. The molecule has 6 heteroatoms. The average molecular weight is 313 g/mol. The van der Waals surface area contributed by atoms with Crippen molar-refractivity contribution in [3.63, 3.8) is 0 Å². The number of hydrogen-bond donors (Lipinski definition) is 2. The molecule has 3 aromatic rings. The molecule has 0 aliphatic carbocycles. The smallest absolute Gasteiger partial charge is 0.155 e. The molecule has 0 amide bonds.